The highest BCUT2D eigenvalue weighted by atomic mass is 19.1. The van der Waals surface area contributed by atoms with Crippen molar-refractivity contribution in [3.8, 4) is 0 Å². The van der Waals surface area contributed by atoms with Gasteiger partial charge >= 0.3 is 0 Å². The molecule has 1 aromatic carbocycles. The maximum absolute atomic E-state index is 13.6. The molecule has 1 aliphatic heterocycles. The minimum absolute atomic E-state index is 0.0280. The Kier molecular flexibility index (Phi) is 3.64. The van der Waals surface area contributed by atoms with Crippen LogP contribution in [0.4, 0.5) is 8.78 Å². The van der Waals surface area contributed by atoms with Crippen LogP contribution in [0.3, 0.4) is 0 Å². The van der Waals surface area contributed by atoms with Gasteiger partial charge in [0.15, 0.2) is 0 Å². The fourth-order valence-electron chi connectivity index (χ4n) is 2.65. The lowest BCUT2D eigenvalue weighted by Crippen LogP contribution is -2.48. The molecule has 98 valence electrons. The molecule has 2 atom stereocenters. The molecule has 0 N–H and O–H groups in total. The summed E-state index contributed by atoms with van der Waals surface area (Å²) in [5, 5.41) is 0. The summed E-state index contributed by atoms with van der Waals surface area (Å²) in [5.74, 6) is -2.11. The van der Waals surface area contributed by atoms with E-state index in [1.54, 1.807) is 4.90 Å². The minimum atomic E-state index is -0.787. The fourth-order valence-corrected chi connectivity index (χ4v) is 2.65. The number of carbonyl (C=O) groups excluding carboxylic acids is 1. The quantitative estimate of drug-likeness (QED) is 0.751. The molecule has 18 heavy (non-hydrogen) atoms. The predicted molar refractivity (Wildman–Crippen MR) is 65.3 cm³/mol. The Morgan fingerprint density at radius 3 is 2.17 bits per heavy atom. The first kappa shape index (κ1) is 13.0. The molecule has 1 saturated heterocycles. The summed E-state index contributed by atoms with van der Waals surface area (Å²) in [6, 6.07) is 3.57. The van der Waals surface area contributed by atoms with E-state index in [1.165, 1.54) is 6.07 Å². The van der Waals surface area contributed by atoms with Gasteiger partial charge in [-0.3, -0.25) is 4.79 Å². The smallest absolute Gasteiger partial charge is 0.260 e. The molecular formula is C14H17F2NO. The zero-order valence-corrected chi connectivity index (χ0v) is 10.6. The lowest BCUT2D eigenvalue weighted by Gasteiger charge is -2.39. The monoisotopic (exact) mass is 253 g/mol. The van der Waals surface area contributed by atoms with Crippen LogP contribution in [-0.2, 0) is 0 Å². The van der Waals surface area contributed by atoms with Gasteiger partial charge in [0, 0.05) is 12.1 Å². The summed E-state index contributed by atoms with van der Waals surface area (Å²) < 4.78 is 27.2. The van der Waals surface area contributed by atoms with Crippen molar-refractivity contribution < 1.29 is 13.6 Å². The molecule has 0 saturated carbocycles. The number of benzene rings is 1. The first-order chi connectivity index (χ1) is 8.52. The number of hydrogen-bond acceptors (Lipinski definition) is 1. The number of hydrogen-bond donors (Lipinski definition) is 0. The van der Waals surface area contributed by atoms with Crippen molar-refractivity contribution in [2.45, 2.75) is 45.2 Å². The summed E-state index contributed by atoms with van der Waals surface area (Å²) in [7, 11) is 0. The topological polar surface area (TPSA) is 20.3 Å². The largest absolute Gasteiger partial charge is 0.333 e. The Hall–Kier alpha value is -1.45. The SMILES string of the molecule is CC1CCCC(C)N1C(=O)c1c(F)cccc1F. The molecule has 2 rings (SSSR count). The molecule has 1 heterocycles. The molecular weight excluding hydrogens is 236 g/mol. The Morgan fingerprint density at radius 2 is 1.67 bits per heavy atom. The van der Waals surface area contributed by atoms with Gasteiger partial charge in [0.25, 0.3) is 5.91 Å². The van der Waals surface area contributed by atoms with Crippen LogP contribution >= 0.6 is 0 Å². The molecule has 0 bridgehead atoms. The van der Waals surface area contributed by atoms with Crippen LogP contribution in [0, 0.1) is 11.6 Å². The number of halogens is 2. The lowest BCUT2D eigenvalue weighted by molar-refractivity contribution is 0.0501. The summed E-state index contributed by atoms with van der Waals surface area (Å²) in [5.41, 5.74) is -0.432. The normalized spacial score (nSPS) is 24.1. The van der Waals surface area contributed by atoms with Crippen molar-refractivity contribution in [3.63, 3.8) is 0 Å². The van der Waals surface area contributed by atoms with E-state index in [4.69, 9.17) is 0 Å². The summed E-state index contributed by atoms with van der Waals surface area (Å²) >= 11 is 0. The second-order valence-electron chi connectivity index (χ2n) is 4.94. The first-order valence-electron chi connectivity index (χ1n) is 6.29. The second-order valence-corrected chi connectivity index (χ2v) is 4.94. The van der Waals surface area contributed by atoms with E-state index >= 15 is 0 Å². The Balaban J connectivity index is 2.35. The van der Waals surface area contributed by atoms with Crippen LogP contribution in [0.1, 0.15) is 43.5 Å². The molecule has 2 unspecified atom stereocenters. The van der Waals surface area contributed by atoms with E-state index in [2.05, 4.69) is 0 Å². The number of rotatable bonds is 1. The predicted octanol–water partition coefficient (Wildman–Crippen LogP) is 3.37. The van der Waals surface area contributed by atoms with Gasteiger partial charge in [0.2, 0.25) is 0 Å². The Bertz CT molecular complexity index is 431. The second kappa shape index (κ2) is 5.04. The van der Waals surface area contributed by atoms with E-state index in [0.29, 0.717) is 0 Å². The third kappa shape index (κ3) is 2.24. The highest BCUT2D eigenvalue weighted by Crippen LogP contribution is 2.26. The molecule has 0 aliphatic carbocycles. The average Bonchev–Trinajstić information content (AvgIpc) is 2.28. The Labute approximate surface area is 106 Å². The van der Waals surface area contributed by atoms with E-state index < -0.39 is 23.1 Å². The number of piperidine rings is 1. The molecule has 2 nitrogen and oxygen atoms in total. The van der Waals surface area contributed by atoms with Crippen molar-refractivity contribution in [3.05, 3.63) is 35.4 Å². The van der Waals surface area contributed by atoms with Crippen LogP contribution in [0.15, 0.2) is 18.2 Å². The highest BCUT2D eigenvalue weighted by Gasteiger charge is 2.32. The van der Waals surface area contributed by atoms with Gasteiger partial charge in [-0.2, -0.15) is 0 Å². The van der Waals surface area contributed by atoms with E-state index in [-0.39, 0.29) is 12.1 Å². The fraction of sp³-hybridized carbons (Fsp3) is 0.500. The van der Waals surface area contributed by atoms with Gasteiger partial charge in [0.05, 0.1) is 0 Å². The van der Waals surface area contributed by atoms with E-state index in [0.717, 1.165) is 31.4 Å². The van der Waals surface area contributed by atoms with Gasteiger partial charge < -0.3 is 4.90 Å². The molecule has 4 heteroatoms. The number of likely N-dealkylation sites (tertiary alicyclic amines) is 1. The molecule has 1 fully saturated rings. The van der Waals surface area contributed by atoms with Crippen molar-refractivity contribution in [1.29, 1.82) is 0 Å². The lowest BCUT2D eigenvalue weighted by atomic mass is 9.96. The van der Waals surface area contributed by atoms with Crippen molar-refractivity contribution >= 4 is 5.91 Å². The minimum Gasteiger partial charge on any atom is -0.333 e. The molecule has 0 radical (unpaired) electrons. The third-order valence-electron chi connectivity index (χ3n) is 3.60. The van der Waals surface area contributed by atoms with E-state index in [1.807, 2.05) is 13.8 Å². The molecule has 1 amide bonds. The maximum Gasteiger partial charge on any atom is 0.260 e. The first-order valence-corrected chi connectivity index (χ1v) is 6.29. The van der Waals surface area contributed by atoms with Crippen LogP contribution in [0.25, 0.3) is 0 Å². The number of carbonyl (C=O) groups is 1. The average molecular weight is 253 g/mol. The third-order valence-corrected chi connectivity index (χ3v) is 3.60. The highest BCUT2D eigenvalue weighted by molar-refractivity contribution is 5.95. The molecule has 0 aromatic heterocycles. The number of nitrogens with zero attached hydrogens (tertiary/aromatic N) is 1. The van der Waals surface area contributed by atoms with Gasteiger partial charge in [-0.25, -0.2) is 8.78 Å². The molecule has 1 aliphatic rings. The summed E-state index contributed by atoms with van der Waals surface area (Å²) in [6.07, 6.45) is 2.81. The summed E-state index contributed by atoms with van der Waals surface area (Å²) in [4.78, 5) is 13.9. The van der Waals surface area contributed by atoms with Crippen LogP contribution in [0.2, 0.25) is 0 Å². The summed E-state index contributed by atoms with van der Waals surface area (Å²) in [6.45, 7) is 3.85. The van der Waals surface area contributed by atoms with Gasteiger partial charge in [-0.15, -0.1) is 0 Å². The molecule has 0 spiro atoms. The van der Waals surface area contributed by atoms with Gasteiger partial charge in [-0.05, 0) is 45.2 Å². The van der Waals surface area contributed by atoms with Crippen LogP contribution in [0.5, 0.6) is 0 Å². The van der Waals surface area contributed by atoms with Gasteiger partial charge in [-0.1, -0.05) is 6.07 Å². The van der Waals surface area contributed by atoms with E-state index in [9.17, 15) is 13.6 Å². The van der Waals surface area contributed by atoms with Crippen LogP contribution in [-0.4, -0.2) is 22.9 Å². The van der Waals surface area contributed by atoms with Gasteiger partial charge in [0.1, 0.15) is 17.2 Å². The maximum atomic E-state index is 13.6. The van der Waals surface area contributed by atoms with Crippen molar-refractivity contribution in [2.24, 2.45) is 0 Å². The Morgan fingerprint density at radius 1 is 1.17 bits per heavy atom. The standard InChI is InChI=1S/C14H17F2NO/c1-9-5-3-6-10(2)17(9)14(18)13-11(15)7-4-8-12(13)16/h4,7-10H,3,5-6H2,1-2H3. The van der Waals surface area contributed by atoms with Crippen LogP contribution < -0.4 is 0 Å². The zero-order chi connectivity index (χ0) is 13.3. The zero-order valence-electron chi connectivity index (χ0n) is 10.6. The van der Waals surface area contributed by atoms with Crippen molar-refractivity contribution in [1.82, 2.24) is 4.90 Å². The molecule has 1 aromatic rings. The van der Waals surface area contributed by atoms with Crippen molar-refractivity contribution in [2.75, 3.05) is 0 Å². The number of amides is 1.